The van der Waals surface area contributed by atoms with Crippen molar-refractivity contribution in [1.29, 1.82) is 0 Å². The molecule has 4 heteroatoms. The van der Waals surface area contributed by atoms with E-state index < -0.39 is 11.6 Å². The predicted octanol–water partition coefficient (Wildman–Crippen LogP) is 4.22. The van der Waals surface area contributed by atoms with Crippen molar-refractivity contribution in [2.24, 2.45) is 47.3 Å². The molecule has 0 saturated heterocycles. The quantitative estimate of drug-likeness (QED) is 0.524. The first-order valence-corrected chi connectivity index (χ1v) is 10.7. The molecule has 0 spiro atoms. The Morgan fingerprint density at radius 2 is 1.73 bits per heavy atom. The van der Waals surface area contributed by atoms with Gasteiger partial charge in [-0.25, -0.2) is 4.79 Å². The van der Waals surface area contributed by atoms with Crippen LogP contribution in [0.25, 0.3) is 0 Å². The van der Waals surface area contributed by atoms with Gasteiger partial charge in [-0.15, -0.1) is 0 Å². The topological polar surface area (TPSA) is 52.6 Å². The largest absolute Gasteiger partial charge is 0.457 e. The van der Waals surface area contributed by atoms with E-state index in [9.17, 15) is 9.59 Å². The van der Waals surface area contributed by atoms with Crippen LogP contribution in [0.1, 0.15) is 66.2 Å². The number of ether oxygens (including phenoxy) is 2. The standard InChI is InChI=1S/C22H34O4/c1-5-12(2)21(24)25-11-18(23)26-22(3,4)17-10-15-9-16(17)20-14-7-6-13(8-14)19(15)20/h12-17,19-20H,5-11H2,1-4H3. The van der Waals surface area contributed by atoms with E-state index >= 15 is 0 Å². The molecule has 4 nitrogen and oxygen atoms in total. The van der Waals surface area contributed by atoms with Gasteiger partial charge in [0, 0.05) is 5.92 Å². The highest BCUT2D eigenvalue weighted by Crippen LogP contribution is 2.70. The van der Waals surface area contributed by atoms with Gasteiger partial charge >= 0.3 is 11.9 Å². The summed E-state index contributed by atoms with van der Waals surface area (Å²) in [5.74, 6) is 4.94. The van der Waals surface area contributed by atoms with E-state index in [0.29, 0.717) is 5.92 Å². The van der Waals surface area contributed by atoms with Crippen LogP contribution in [-0.4, -0.2) is 24.1 Å². The number of carbonyl (C=O) groups excluding carboxylic acids is 2. The zero-order valence-electron chi connectivity index (χ0n) is 16.7. The van der Waals surface area contributed by atoms with Gasteiger partial charge in [-0.05, 0) is 87.9 Å². The third kappa shape index (κ3) is 2.88. The van der Waals surface area contributed by atoms with Crippen LogP contribution >= 0.6 is 0 Å². The lowest BCUT2D eigenvalue weighted by molar-refractivity contribution is -0.176. The summed E-state index contributed by atoms with van der Waals surface area (Å²) in [5.41, 5.74) is -0.466. The average Bonchev–Trinajstić information content (AvgIpc) is 3.36. The monoisotopic (exact) mass is 362 g/mol. The van der Waals surface area contributed by atoms with Crippen molar-refractivity contribution in [2.75, 3.05) is 6.61 Å². The molecule has 4 aliphatic rings. The smallest absolute Gasteiger partial charge is 0.344 e. The van der Waals surface area contributed by atoms with E-state index in [1.165, 1.54) is 32.1 Å². The lowest BCUT2D eigenvalue weighted by Crippen LogP contribution is -2.45. The maximum atomic E-state index is 12.3. The Morgan fingerprint density at radius 3 is 2.42 bits per heavy atom. The van der Waals surface area contributed by atoms with Gasteiger partial charge in [0.25, 0.3) is 0 Å². The van der Waals surface area contributed by atoms with Gasteiger partial charge in [-0.2, -0.15) is 0 Å². The summed E-state index contributed by atoms with van der Waals surface area (Å²) in [5, 5.41) is 0. The van der Waals surface area contributed by atoms with Crippen LogP contribution < -0.4 is 0 Å². The number of esters is 2. The van der Waals surface area contributed by atoms with Crippen molar-refractivity contribution in [3.63, 3.8) is 0 Å². The molecule has 0 radical (unpaired) electrons. The van der Waals surface area contributed by atoms with Gasteiger partial charge in [-0.3, -0.25) is 4.79 Å². The van der Waals surface area contributed by atoms with Crippen LogP contribution in [0.2, 0.25) is 0 Å². The highest BCUT2D eigenvalue weighted by Gasteiger charge is 2.64. The molecule has 0 aromatic heterocycles. The van der Waals surface area contributed by atoms with Gasteiger partial charge < -0.3 is 9.47 Å². The van der Waals surface area contributed by atoms with E-state index in [-0.39, 0.29) is 18.5 Å². The molecule has 146 valence electrons. The first kappa shape index (κ1) is 18.3. The van der Waals surface area contributed by atoms with Gasteiger partial charge in [0.2, 0.25) is 0 Å². The third-order valence-electron chi connectivity index (χ3n) is 8.35. The molecule has 0 amide bonds. The molecule has 4 fully saturated rings. The second-order valence-corrected chi connectivity index (χ2v) is 9.98. The van der Waals surface area contributed by atoms with Crippen molar-refractivity contribution in [2.45, 2.75) is 71.8 Å². The lowest BCUT2D eigenvalue weighted by atomic mass is 9.64. The maximum Gasteiger partial charge on any atom is 0.344 e. The molecule has 0 aromatic carbocycles. The zero-order chi connectivity index (χ0) is 18.6. The fraction of sp³-hybridized carbons (Fsp3) is 0.909. The second-order valence-electron chi connectivity index (χ2n) is 9.98. The highest BCUT2D eigenvalue weighted by atomic mass is 16.6. The van der Waals surface area contributed by atoms with Crippen molar-refractivity contribution in [1.82, 2.24) is 0 Å². The molecule has 4 bridgehead atoms. The van der Waals surface area contributed by atoms with Crippen LogP contribution in [0.15, 0.2) is 0 Å². The summed E-state index contributed by atoms with van der Waals surface area (Å²) < 4.78 is 11.0. The van der Waals surface area contributed by atoms with Gasteiger partial charge in [0.1, 0.15) is 5.60 Å². The molecular formula is C22H34O4. The Hall–Kier alpha value is -1.06. The molecule has 4 aliphatic carbocycles. The van der Waals surface area contributed by atoms with Crippen molar-refractivity contribution in [3.05, 3.63) is 0 Å². The minimum absolute atomic E-state index is 0.170. The third-order valence-corrected chi connectivity index (χ3v) is 8.35. The van der Waals surface area contributed by atoms with Crippen molar-refractivity contribution >= 4 is 11.9 Å². The Balaban J connectivity index is 1.34. The molecule has 8 atom stereocenters. The molecule has 4 saturated carbocycles. The Labute approximate surface area is 157 Å². The van der Waals surface area contributed by atoms with Crippen LogP contribution in [-0.2, 0) is 19.1 Å². The summed E-state index contributed by atoms with van der Waals surface area (Å²) in [4.78, 5) is 24.1. The lowest BCUT2D eigenvalue weighted by Gasteiger charge is -2.44. The summed E-state index contributed by atoms with van der Waals surface area (Å²) in [6.45, 7) is 7.62. The SMILES string of the molecule is CCC(C)C(=O)OCC(=O)OC(C)(C)C1CC2CC1C1C3CCC(C3)C21. The summed E-state index contributed by atoms with van der Waals surface area (Å²) in [6, 6.07) is 0. The second kappa shape index (κ2) is 6.53. The first-order chi connectivity index (χ1) is 12.3. The number of fused-ring (bicyclic) bond motifs is 9. The van der Waals surface area contributed by atoms with E-state index in [0.717, 1.165) is 41.9 Å². The molecule has 8 unspecified atom stereocenters. The number of carbonyl (C=O) groups is 2. The Morgan fingerprint density at radius 1 is 1.04 bits per heavy atom. The first-order valence-electron chi connectivity index (χ1n) is 10.7. The fourth-order valence-corrected chi connectivity index (χ4v) is 7.20. The molecule has 0 aliphatic heterocycles. The van der Waals surface area contributed by atoms with E-state index in [4.69, 9.17) is 9.47 Å². The summed E-state index contributed by atoms with van der Waals surface area (Å²) in [6.07, 6.45) is 7.61. The summed E-state index contributed by atoms with van der Waals surface area (Å²) >= 11 is 0. The zero-order valence-corrected chi connectivity index (χ0v) is 16.7. The fourth-order valence-electron chi connectivity index (χ4n) is 7.20. The van der Waals surface area contributed by atoms with Crippen LogP contribution in [0.4, 0.5) is 0 Å². The average molecular weight is 363 g/mol. The molecule has 26 heavy (non-hydrogen) atoms. The minimum Gasteiger partial charge on any atom is -0.457 e. The number of hydrogen-bond donors (Lipinski definition) is 0. The van der Waals surface area contributed by atoms with Crippen molar-refractivity contribution in [3.8, 4) is 0 Å². The maximum absolute atomic E-state index is 12.3. The Bertz CT molecular complexity index is 583. The van der Waals surface area contributed by atoms with Gasteiger partial charge in [-0.1, -0.05) is 13.8 Å². The highest BCUT2D eigenvalue weighted by molar-refractivity contribution is 5.77. The van der Waals surface area contributed by atoms with Crippen LogP contribution in [0.5, 0.6) is 0 Å². The van der Waals surface area contributed by atoms with Crippen LogP contribution in [0, 0.1) is 47.3 Å². The number of rotatable bonds is 6. The van der Waals surface area contributed by atoms with Gasteiger partial charge in [0.15, 0.2) is 6.61 Å². The molecule has 4 rings (SSSR count). The minimum atomic E-state index is -0.466. The van der Waals surface area contributed by atoms with Crippen molar-refractivity contribution < 1.29 is 19.1 Å². The van der Waals surface area contributed by atoms with E-state index in [2.05, 4.69) is 13.8 Å². The van der Waals surface area contributed by atoms with Crippen LogP contribution in [0.3, 0.4) is 0 Å². The number of hydrogen-bond acceptors (Lipinski definition) is 4. The van der Waals surface area contributed by atoms with E-state index in [1.54, 1.807) is 0 Å². The molecule has 0 heterocycles. The Kier molecular flexibility index (Phi) is 4.60. The normalized spacial score (nSPS) is 41.2. The predicted molar refractivity (Wildman–Crippen MR) is 98.1 cm³/mol. The van der Waals surface area contributed by atoms with Gasteiger partial charge in [0.05, 0.1) is 5.92 Å². The van der Waals surface area contributed by atoms with E-state index in [1.807, 2.05) is 13.8 Å². The molecule has 0 N–H and O–H groups in total. The molecule has 0 aromatic rings. The summed E-state index contributed by atoms with van der Waals surface area (Å²) in [7, 11) is 0. The molecular weight excluding hydrogens is 328 g/mol.